The summed E-state index contributed by atoms with van der Waals surface area (Å²) in [6.07, 6.45) is 4.04. The van der Waals surface area contributed by atoms with Gasteiger partial charge in [-0.3, -0.25) is 0 Å². The largest absolute Gasteiger partial charge is 0.494 e. The van der Waals surface area contributed by atoms with Crippen LogP contribution in [0.1, 0.15) is 38.7 Å². The van der Waals surface area contributed by atoms with Crippen molar-refractivity contribution in [3.8, 4) is 5.75 Å². The Labute approximate surface area is 117 Å². The molecule has 0 aromatic heterocycles. The van der Waals surface area contributed by atoms with Crippen LogP contribution in [0, 0.1) is 0 Å². The monoisotopic (exact) mass is 265 g/mol. The van der Waals surface area contributed by atoms with Crippen molar-refractivity contribution in [3.05, 3.63) is 29.8 Å². The number of rotatable bonds is 10. The molecule has 0 heterocycles. The fourth-order valence-electron chi connectivity index (χ4n) is 2.00. The maximum Gasteiger partial charge on any atom is 0.119 e. The van der Waals surface area contributed by atoms with E-state index in [0.717, 1.165) is 17.9 Å². The summed E-state index contributed by atoms with van der Waals surface area (Å²) in [5, 5.41) is 13.2. The molecule has 0 radical (unpaired) electrons. The first kappa shape index (κ1) is 16.0. The van der Waals surface area contributed by atoms with Gasteiger partial charge >= 0.3 is 0 Å². The summed E-state index contributed by atoms with van der Waals surface area (Å²) in [4.78, 5) is 0. The van der Waals surface area contributed by atoms with Crippen molar-refractivity contribution in [2.75, 3.05) is 19.7 Å². The van der Waals surface area contributed by atoms with Gasteiger partial charge in [-0.15, -0.1) is 0 Å². The molecular formula is C16H27NO2. The van der Waals surface area contributed by atoms with E-state index in [9.17, 15) is 5.11 Å². The van der Waals surface area contributed by atoms with Gasteiger partial charge in [-0.2, -0.15) is 0 Å². The first-order chi connectivity index (χ1) is 9.26. The Bertz CT molecular complexity index is 324. The fraction of sp³-hybridized carbons (Fsp3) is 0.625. The van der Waals surface area contributed by atoms with E-state index in [4.69, 9.17) is 4.74 Å². The standard InChI is InChI=1S/C16H27NO2/c1-3-5-6-11-17-13-15(18)12-14-7-9-16(10-8-14)19-4-2/h7-10,15,17-18H,3-6,11-13H2,1-2H3/t15-/m1/s1. The van der Waals surface area contributed by atoms with Crippen LogP contribution in [0.25, 0.3) is 0 Å². The lowest BCUT2D eigenvalue weighted by molar-refractivity contribution is 0.172. The van der Waals surface area contributed by atoms with Crippen LogP contribution >= 0.6 is 0 Å². The summed E-state index contributed by atoms with van der Waals surface area (Å²) >= 11 is 0. The molecule has 3 nitrogen and oxygen atoms in total. The van der Waals surface area contributed by atoms with Gasteiger partial charge in [0.2, 0.25) is 0 Å². The van der Waals surface area contributed by atoms with Crippen LogP contribution in [-0.2, 0) is 6.42 Å². The lowest BCUT2D eigenvalue weighted by Gasteiger charge is -2.12. The van der Waals surface area contributed by atoms with Crippen LogP contribution in [0.4, 0.5) is 0 Å². The van der Waals surface area contributed by atoms with E-state index in [0.29, 0.717) is 19.6 Å². The van der Waals surface area contributed by atoms with Crippen molar-refractivity contribution in [1.29, 1.82) is 0 Å². The van der Waals surface area contributed by atoms with Gasteiger partial charge in [0, 0.05) is 6.54 Å². The molecule has 1 aromatic carbocycles. The third-order valence-electron chi connectivity index (χ3n) is 3.04. The zero-order chi connectivity index (χ0) is 13.9. The van der Waals surface area contributed by atoms with E-state index in [-0.39, 0.29) is 6.10 Å². The molecule has 0 aliphatic carbocycles. The molecule has 3 heteroatoms. The van der Waals surface area contributed by atoms with Gasteiger partial charge in [0.05, 0.1) is 12.7 Å². The highest BCUT2D eigenvalue weighted by molar-refractivity contribution is 5.27. The number of aliphatic hydroxyl groups is 1. The molecular weight excluding hydrogens is 238 g/mol. The van der Waals surface area contributed by atoms with E-state index in [2.05, 4.69) is 12.2 Å². The molecule has 0 aliphatic heterocycles. The molecule has 0 unspecified atom stereocenters. The Morgan fingerprint density at radius 3 is 2.53 bits per heavy atom. The van der Waals surface area contributed by atoms with E-state index in [1.807, 2.05) is 31.2 Å². The molecule has 2 N–H and O–H groups in total. The number of hydrogen-bond acceptors (Lipinski definition) is 3. The predicted molar refractivity (Wildman–Crippen MR) is 79.7 cm³/mol. The SMILES string of the molecule is CCCCCNC[C@H](O)Cc1ccc(OCC)cc1. The highest BCUT2D eigenvalue weighted by atomic mass is 16.5. The quantitative estimate of drug-likeness (QED) is 0.639. The second kappa shape index (κ2) is 9.82. The van der Waals surface area contributed by atoms with E-state index >= 15 is 0 Å². The van der Waals surface area contributed by atoms with Crippen LogP contribution < -0.4 is 10.1 Å². The van der Waals surface area contributed by atoms with Gasteiger partial charge < -0.3 is 15.2 Å². The summed E-state index contributed by atoms with van der Waals surface area (Å²) in [6.45, 7) is 6.51. The molecule has 1 rings (SSSR count). The molecule has 0 saturated carbocycles. The molecule has 1 aromatic rings. The van der Waals surface area contributed by atoms with E-state index in [1.54, 1.807) is 0 Å². The highest BCUT2D eigenvalue weighted by Crippen LogP contribution is 2.13. The Hall–Kier alpha value is -1.06. The first-order valence-electron chi connectivity index (χ1n) is 7.36. The summed E-state index contributed by atoms with van der Waals surface area (Å²) in [5.41, 5.74) is 1.14. The molecule has 19 heavy (non-hydrogen) atoms. The minimum atomic E-state index is -0.320. The van der Waals surface area contributed by atoms with E-state index < -0.39 is 0 Å². The average molecular weight is 265 g/mol. The topological polar surface area (TPSA) is 41.5 Å². The van der Waals surface area contributed by atoms with Crippen molar-refractivity contribution in [2.24, 2.45) is 0 Å². The van der Waals surface area contributed by atoms with Crippen LogP contribution in [0.3, 0.4) is 0 Å². The number of aliphatic hydroxyl groups excluding tert-OH is 1. The van der Waals surface area contributed by atoms with Crippen LogP contribution in [-0.4, -0.2) is 30.9 Å². The zero-order valence-electron chi connectivity index (χ0n) is 12.2. The van der Waals surface area contributed by atoms with Crippen molar-refractivity contribution in [2.45, 2.75) is 45.6 Å². The Balaban J connectivity index is 2.22. The lowest BCUT2D eigenvalue weighted by Crippen LogP contribution is -2.29. The predicted octanol–water partition coefficient (Wildman–Crippen LogP) is 2.77. The minimum absolute atomic E-state index is 0.320. The highest BCUT2D eigenvalue weighted by Gasteiger charge is 2.05. The Kier molecular flexibility index (Phi) is 8.26. The minimum Gasteiger partial charge on any atom is -0.494 e. The number of unbranched alkanes of at least 4 members (excludes halogenated alkanes) is 2. The van der Waals surface area contributed by atoms with Crippen molar-refractivity contribution >= 4 is 0 Å². The van der Waals surface area contributed by atoms with E-state index in [1.165, 1.54) is 19.3 Å². The molecule has 0 bridgehead atoms. The van der Waals surface area contributed by atoms with Gasteiger partial charge in [-0.25, -0.2) is 0 Å². The lowest BCUT2D eigenvalue weighted by atomic mass is 10.1. The molecule has 0 amide bonds. The van der Waals surface area contributed by atoms with Gasteiger partial charge in [-0.1, -0.05) is 31.9 Å². The third kappa shape index (κ3) is 7.19. The van der Waals surface area contributed by atoms with Gasteiger partial charge in [-0.05, 0) is 44.0 Å². The number of benzene rings is 1. The number of nitrogens with one attached hydrogen (secondary N) is 1. The Morgan fingerprint density at radius 1 is 1.16 bits per heavy atom. The summed E-state index contributed by atoms with van der Waals surface area (Å²) in [5.74, 6) is 0.887. The first-order valence-corrected chi connectivity index (χ1v) is 7.36. The maximum atomic E-state index is 9.94. The van der Waals surface area contributed by atoms with Crippen molar-refractivity contribution in [1.82, 2.24) is 5.32 Å². The second-order valence-corrected chi connectivity index (χ2v) is 4.85. The Morgan fingerprint density at radius 2 is 1.89 bits per heavy atom. The average Bonchev–Trinajstić information content (AvgIpc) is 2.41. The summed E-state index contributed by atoms with van der Waals surface area (Å²) in [7, 11) is 0. The molecule has 0 spiro atoms. The molecule has 108 valence electrons. The molecule has 0 fully saturated rings. The summed E-state index contributed by atoms with van der Waals surface area (Å²) in [6, 6.07) is 7.96. The normalized spacial score (nSPS) is 12.4. The van der Waals surface area contributed by atoms with Gasteiger partial charge in [0.15, 0.2) is 0 Å². The van der Waals surface area contributed by atoms with Crippen LogP contribution in [0.15, 0.2) is 24.3 Å². The molecule has 0 saturated heterocycles. The van der Waals surface area contributed by atoms with Gasteiger partial charge in [0.25, 0.3) is 0 Å². The molecule has 0 aliphatic rings. The number of hydrogen-bond donors (Lipinski definition) is 2. The maximum absolute atomic E-state index is 9.94. The smallest absolute Gasteiger partial charge is 0.119 e. The fourth-order valence-corrected chi connectivity index (χ4v) is 2.00. The molecule has 1 atom stereocenters. The van der Waals surface area contributed by atoms with Crippen molar-refractivity contribution < 1.29 is 9.84 Å². The van der Waals surface area contributed by atoms with Crippen molar-refractivity contribution in [3.63, 3.8) is 0 Å². The third-order valence-corrected chi connectivity index (χ3v) is 3.04. The van der Waals surface area contributed by atoms with Gasteiger partial charge in [0.1, 0.15) is 5.75 Å². The van der Waals surface area contributed by atoms with Crippen LogP contribution in [0.5, 0.6) is 5.75 Å². The summed E-state index contributed by atoms with van der Waals surface area (Å²) < 4.78 is 5.39. The zero-order valence-corrected chi connectivity index (χ0v) is 12.2. The second-order valence-electron chi connectivity index (χ2n) is 4.85. The number of ether oxygens (including phenoxy) is 1. The van der Waals surface area contributed by atoms with Crippen LogP contribution in [0.2, 0.25) is 0 Å².